The van der Waals surface area contributed by atoms with Crippen LogP contribution in [-0.4, -0.2) is 42.6 Å². The first-order chi connectivity index (χ1) is 11.6. The lowest BCUT2D eigenvalue weighted by atomic mass is 10.2. The minimum atomic E-state index is -0.332. The quantitative estimate of drug-likeness (QED) is 0.897. The maximum absolute atomic E-state index is 12.6. The Balaban J connectivity index is 1.60. The summed E-state index contributed by atoms with van der Waals surface area (Å²) in [5.41, 5.74) is 0.713. The summed E-state index contributed by atoms with van der Waals surface area (Å²) in [6, 6.07) is 12.4. The van der Waals surface area contributed by atoms with E-state index in [1.54, 1.807) is 12.1 Å². The van der Waals surface area contributed by atoms with E-state index >= 15 is 0 Å². The van der Waals surface area contributed by atoms with Crippen LogP contribution in [0.1, 0.15) is 16.6 Å². The maximum Gasteiger partial charge on any atom is 0.324 e. The van der Waals surface area contributed by atoms with Crippen LogP contribution in [0.3, 0.4) is 0 Å². The summed E-state index contributed by atoms with van der Waals surface area (Å²) >= 11 is 1.27. The van der Waals surface area contributed by atoms with Crippen LogP contribution in [0.2, 0.25) is 0 Å². The molecule has 7 heteroatoms. The predicted molar refractivity (Wildman–Crippen MR) is 94.7 cm³/mol. The number of benzene rings is 1. The molecule has 2 N–H and O–H groups in total. The Morgan fingerprint density at radius 3 is 2.71 bits per heavy atom. The third kappa shape index (κ3) is 3.93. The van der Waals surface area contributed by atoms with Crippen LogP contribution in [0.15, 0.2) is 42.5 Å². The maximum atomic E-state index is 12.6. The highest BCUT2D eigenvalue weighted by Crippen LogP contribution is 2.24. The molecule has 0 saturated carbocycles. The van der Waals surface area contributed by atoms with Crippen molar-refractivity contribution in [2.24, 2.45) is 0 Å². The van der Waals surface area contributed by atoms with Crippen molar-refractivity contribution in [2.45, 2.75) is 13.0 Å². The van der Waals surface area contributed by atoms with E-state index < -0.39 is 0 Å². The zero-order valence-electron chi connectivity index (χ0n) is 13.3. The highest BCUT2D eigenvalue weighted by Gasteiger charge is 2.25. The summed E-state index contributed by atoms with van der Waals surface area (Å²) in [7, 11) is 0. The van der Waals surface area contributed by atoms with Gasteiger partial charge in [0.1, 0.15) is 0 Å². The molecule has 3 rings (SSSR count). The fourth-order valence-corrected chi connectivity index (χ4v) is 3.34. The van der Waals surface area contributed by atoms with Gasteiger partial charge in [-0.25, -0.2) is 4.79 Å². The van der Waals surface area contributed by atoms with E-state index in [1.165, 1.54) is 11.3 Å². The molecule has 0 spiro atoms. The van der Waals surface area contributed by atoms with E-state index in [9.17, 15) is 9.59 Å². The number of carbonyl (C=O) groups excluding carboxylic acids is 2. The average molecular weight is 345 g/mol. The van der Waals surface area contributed by atoms with Crippen LogP contribution in [0.4, 0.5) is 15.5 Å². The summed E-state index contributed by atoms with van der Waals surface area (Å²) in [5, 5.41) is 6.13. The molecule has 0 radical (unpaired) electrons. The molecule has 1 saturated heterocycles. The van der Waals surface area contributed by atoms with Crippen LogP contribution in [0, 0.1) is 0 Å². The van der Waals surface area contributed by atoms with E-state index in [0.29, 0.717) is 35.3 Å². The molecule has 2 heterocycles. The Labute approximate surface area is 144 Å². The molecule has 1 atom stereocenters. The van der Waals surface area contributed by atoms with Gasteiger partial charge in [-0.1, -0.05) is 18.2 Å². The number of urea groups is 1. The van der Waals surface area contributed by atoms with Gasteiger partial charge in [0.15, 0.2) is 0 Å². The SMILES string of the molecule is CC1COCCN1C(=O)c1ccc(NC(=O)Nc2ccccc2)s1. The molecule has 1 fully saturated rings. The Hall–Kier alpha value is -2.38. The number of carbonyl (C=O) groups is 2. The molecule has 1 aliphatic heterocycles. The number of anilines is 2. The lowest BCUT2D eigenvalue weighted by molar-refractivity contribution is 0.00387. The van der Waals surface area contributed by atoms with Crippen molar-refractivity contribution in [1.29, 1.82) is 0 Å². The normalized spacial score (nSPS) is 17.4. The number of nitrogens with one attached hydrogen (secondary N) is 2. The van der Waals surface area contributed by atoms with Crippen LogP contribution in [-0.2, 0) is 4.74 Å². The highest BCUT2D eigenvalue weighted by molar-refractivity contribution is 7.18. The second-order valence-corrected chi connectivity index (χ2v) is 6.62. The van der Waals surface area contributed by atoms with Gasteiger partial charge in [0.2, 0.25) is 0 Å². The van der Waals surface area contributed by atoms with Gasteiger partial charge in [0, 0.05) is 12.2 Å². The number of para-hydroxylation sites is 1. The first-order valence-corrected chi connectivity index (χ1v) is 8.57. The molecule has 6 nitrogen and oxygen atoms in total. The number of hydrogen-bond acceptors (Lipinski definition) is 4. The van der Waals surface area contributed by atoms with Gasteiger partial charge in [0.05, 0.1) is 29.1 Å². The van der Waals surface area contributed by atoms with Crippen molar-refractivity contribution >= 4 is 34.0 Å². The van der Waals surface area contributed by atoms with Crippen LogP contribution in [0.25, 0.3) is 0 Å². The monoisotopic (exact) mass is 345 g/mol. The molecule has 0 bridgehead atoms. The van der Waals surface area contributed by atoms with Crippen molar-refractivity contribution < 1.29 is 14.3 Å². The Bertz CT molecular complexity index is 717. The van der Waals surface area contributed by atoms with Crippen molar-refractivity contribution in [3.63, 3.8) is 0 Å². The topological polar surface area (TPSA) is 70.7 Å². The summed E-state index contributed by atoms with van der Waals surface area (Å²) in [6.45, 7) is 3.68. The van der Waals surface area contributed by atoms with Gasteiger partial charge in [-0.05, 0) is 31.2 Å². The number of ether oxygens (including phenoxy) is 1. The smallest absolute Gasteiger partial charge is 0.324 e. The molecule has 1 aromatic carbocycles. The van der Waals surface area contributed by atoms with Gasteiger partial charge >= 0.3 is 6.03 Å². The molecule has 2 aromatic rings. The standard InChI is InChI=1S/C17H19N3O3S/c1-12-11-23-10-9-20(12)16(21)14-7-8-15(24-14)19-17(22)18-13-5-3-2-4-6-13/h2-8,12H,9-11H2,1H3,(H2,18,19,22). The van der Waals surface area contributed by atoms with Gasteiger partial charge < -0.3 is 15.0 Å². The Kier molecular flexibility index (Phi) is 5.12. The zero-order valence-corrected chi connectivity index (χ0v) is 14.1. The van der Waals surface area contributed by atoms with E-state index in [2.05, 4.69) is 10.6 Å². The number of thiophene rings is 1. The van der Waals surface area contributed by atoms with Crippen molar-refractivity contribution in [2.75, 3.05) is 30.4 Å². The molecule has 1 unspecified atom stereocenters. The lowest BCUT2D eigenvalue weighted by Crippen LogP contribution is -2.46. The van der Waals surface area contributed by atoms with Gasteiger partial charge in [-0.15, -0.1) is 11.3 Å². The fourth-order valence-electron chi connectivity index (χ4n) is 2.49. The molecular formula is C17H19N3O3S. The number of morpholine rings is 1. The summed E-state index contributed by atoms with van der Waals surface area (Å²) in [5.74, 6) is -0.0210. The molecule has 1 aliphatic rings. The van der Waals surface area contributed by atoms with E-state index in [4.69, 9.17) is 4.74 Å². The molecule has 1 aromatic heterocycles. The van der Waals surface area contributed by atoms with E-state index in [1.807, 2.05) is 42.2 Å². The first kappa shape index (κ1) is 16.5. The molecule has 126 valence electrons. The van der Waals surface area contributed by atoms with Gasteiger partial charge in [-0.2, -0.15) is 0 Å². The van der Waals surface area contributed by atoms with Crippen LogP contribution >= 0.6 is 11.3 Å². The van der Waals surface area contributed by atoms with Gasteiger partial charge in [0.25, 0.3) is 5.91 Å². The minimum absolute atomic E-state index is 0.0210. The van der Waals surface area contributed by atoms with Crippen molar-refractivity contribution in [3.8, 4) is 0 Å². The molecule has 3 amide bonds. The molecule has 0 aliphatic carbocycles. The number of hydrogen-bond donors (Lipinski definition) is 2. The van der Waals surface area contributed by atoms with Crippen molar-refractivity contribution in [3.05, 3.63) is 47.3 Å². The number of rotatable bonds is 3. The van der Waals surface area contributed by atoms with Gasteiger partial charge in [-0.3, -0.25) is 10.1 Å². The first-order valence-electron chi connectivity index (χ1n) is 7.75. The van der Waals surface area contributed by atoms with Crippen LogP contribution < -0.4 is 10.6 Å². The summed E-state index contributed by atoms with van der Waals surface area (Å²) in [4.78, 5) is 27.0. The second kappa shape index (κ2) is 7.46. The predicted octanol–water partition coefficient (Wildman–Crippen LogP) is 3.25. The Morgan fingerprint density at radius 1 is 1.17 bits per heavy atom. The third-order valence-electron chi connectivity index (χ3n) is 3.71. The second-order valence-electron chi connectivity index (χ2n) is 5.53. The number of nitrogens with zero attached hydrogens (tertiary/aromatic N) is 1. The minimum Gasteiger partial charge on any atom is -0.377 e. The summed E-state index contributed by atoms with van der Waals surface area (Å²) < 4.78 is 5.36. The summed E-state index contributed by atoms with van der Waals surface area (Å²) in [6.07, 6.45) is 0. The van der Waals surface area contributed by atoms with E-state index in [-0.39, 0.29) is 18.0 Å². The van der Waals surface area contributed by atoms with E-state index in [0.717, 1.165) is 0 Å². The van der Waals surface area contributed by atoms with Crippen LogP contribution in [0.5, 0.6) is 0 Å². The average Bonchev–Trinajstić information content (AvgIpc) is 3.04. The Morgan fingerprint density at radius 2 is 1.96 bits per heavy atom. The molecular weight excluding hydrogens is 326 g/mol. The largest absolute Gasteiger partial charge is 0.377 e. The zero-order chi connectivity index (χ0) is 16.9. The third-order valence-corrected chi connectivity index (χ3v) is 4.70. The van der Waals surface area contributed by atoms with Crippen molar-refractivity contribution in [1.82, 2.24) is 4.90 Å². The number of amides is 3. The lowest BCUT2D eigenvalue weighted by Gasteiger charge is -2.32. The fraction of sp³-hybridized carbons (Fsp3) is 0.294. The molecule has 24 heavy (non-hydrogen) atoms. The highest BCUT2D eigenvalue weighted by atomic mass is 32.1.